The second-order valence-electron chi connectivity index (χ2n) is 6.81. The normalized spacial score (nSPS) is 10.4. The smallest absolute Gasteiger partial charge is 0.227 e. The van der Waals surface area contributed by atoms with Crippen molar-refractivity contribution in [3.63, 3.8) is 0 Å². The molecule has 0 fully saturated rings. The Morgan fingerprint density at radius 3 is 2.32 bits per heavy atom. The van der Waals surface area contributed by atoms with Gasteiger partial charge in [0, 0.05) is 30.1 Å². The van der Waals surface area contributed by atoms with Gasteiger partial charge in [-0.2, -0.15) is 0 Å². The molecule has 1 amide bonds. The van der Waals surface area contributed by atoms with Crippen LogP contribution in [0.2, 0.25) is 0 Å². The van der Waals surface area contributed by atoms with Crippen molar-refractivity contribution in [3.8, 4) is 22.8 Å². The highest BCUT2D eigenvalue weighted by molar-refractivity contribution is 5.88. The number of para-hydroxylation sites is 2. The van der Waals surface area contributed by atoms with Gasteiger partial charge in [0.25, 0.3) is 0 Å². The molecule has 0 aliphatic heterocycles. The summed E-state index contributed by atoms with van der Waals surface area (Å²) >= 11 is 0. The van der Waals surface area contributed by atoms with Crippen LogP contribution in [-0.4, -0.2) is 15.9 Å². The first-order chi connectivity index (χ1) is 15.1. The number of hydrogen-bond donors (Lipinski definition) is 3. The molecule has 0 radical (unpaired) electrons. The van der Waals surface area contributed by atoms with Crippen LogP contribution in [0, 0.1) is 0 Å². The van der Waals surface area contributed by atoms with E-state index in [-0.39, 0.29) is 5.91 Å². The second kappa shape index (κ2) is 8.96. The molecule has 0 bridgehead atoms. The molecule has 0 unspecified atom stereocenters. The minimum Gasteiger partial charge on any atom is -0.455 e. The number of amides is 1. The van der Waals surface area contributed by atoms with Crippen LogP contribution in [0.3, 0.4) is 0 Å². The summed E-state index contributed by atoms with van der Waals surface area (Å²) < 4.78 is 5.84. The Hall–Kier alpha value is -4.39. The van der Waals surface area contributed by atoms with Gasteiger partial charge in [0.05, 0.1) is 11.4 Å². The van der Waals surface area contributed by atoms with Crippen molar-refractivity contribution in [3.05, 3.63) is 85.1 Å². The van der Waals surface area contributed by atoms with Crippen molar-refractivity contribution in [2.24, 2.45) is 0 Å². The lowest BCUT2D eigenvalue weighted by Gasteiger charge is -2.10. The van der Waals surface area contributed by atoms with Gasteiger partial charge >= 0.3 is 0 Å². The number of nitrogens with two attached hydrogens (primary N) is 1. The van der Waals surface area contributed by atoms with Gasteiger partial charge in [-0.3, -0.25) is 4.79 Å². The van der Waals surface area contributed by atoms with Gasteiger partial charge in [-0.1, -0.05) is 12.1 Å². The summed E-state index contributed by atoms with van der Waals surface area (Å²) in [4.78, 5) is 20.0. The summed E-state index contributed by atoms with van der Waals surface area (Å²) in [5.41, 5.74) is 9.77. The zero-order valence-electron chi connectivity index (χ0n) is 16.9. The molecule has 4 aromatic rings. The van der Waals surface area contributed by atoms with Crippen LogP contribution in [0.25, 0.3) is 11.3 Å². The number of benzene rings is 3. The van der Waals surface area contributed by atoms with E-state index in [4.69, 9.17) is 10.5 Å². The molecule has 154 valence electrons. The topological polar surface area (TPSA) is 102 Å². The quantitative estimate of drug-likeness (QED) is 0.376. The van der Waals surface area contributed by atoms with E-state index < -0.39 is 0 Å². The minimum absolute atomic E-state index is 0.111. The molecular weight excluding hydrogens is 390 g/mol. The predicted molar refractivity (Wildman–Crippen MR) is 122 cm³/mol. The molecule has 1 aromatic heterocycles. The van der Waals surface area contributed by atoms with E-state index in [0.29, 0.717) is 23.1 Å². The highest BCUT2D eigenvalue weighted by Gasteiger charge is 2.06. The number of anilines is 4. The number of nitrogens with zero attached hydrogens (tertiary/aromatic N) is 2. The molecule has 0 saturated carbocycles. The summed E-state index contributed by atoms with van der Waals surface area (Å²) in [7, 11) is 0. The molecule has 7 heteroatoms. The van der Waals surface area contributed by atoms with E-state index in [1.165, 1.54) is 6.92 Å². The van der Waals surface area contributed by atoms with Crippen LogP contribution < -0.4 is 21.1 Å². The molecule has 0 saturated heterocycles. The van der Waals surface area contributed by atoms with Crippen molar-refractivity contribution in [1.82, 2.24) is 9.97 Å². The van der Waals surface area contributed by atoms with Crippen molar-refractivity contribution >= 4 is 28.9 Å². The van der Waals surface area contributed by atoms with Gasteiger partial charge in [0.15, 0.2) is 0 Å². The largest absolute Gasteiger partial charge is 0.455 e. The highest BCUT2D eigenvalue weighted by atomic mass is 16.5. The number of rotatable bonds is 6. The summed E-state index contributed by atoms with van der Waals surface area (Å²) in [6.45, 7) is 1.47. The zero-order chi connectivity index (χ0) is 21.6. The highest BCUT2D eigenvalue weighted by Crippen LogP contribution is 2.29. The maximum absolute atomic E-state index is 11.1. The lowest BCUT2D eigenvalue weighted by atomic mass is 10.1. The molecule has 4 N–H and O–H groups in total. The third-order valence-electron chi connectivity index (χ3n) is 4.41. The Morgan fingerprint density at radius 2 is 1.61 bits per heavy atom. The van der Waals surface area contributed by atoms with Gasteiger partial charge in [0.2, 0.25) is 11.9 Å². The summed E-state index contributed by atoms with van der Waals surface area (Å²) in [6.07, 6.45) is 1.70. The summed E-state index contributed by atoms with van der Waals surface area (Å²) in [5, 5.41) is 5.91. The number of ether oxygens (including phenoxy) is 1. The maximum Gasteiger partial charge on any atom is 0.227 e. The van der Waals surface area contributed by atoms with Crippen molar-refractivity contribution in [2.45, 2.75) is 6.92 Å². The molecule has 3 aromatic carbocycles. The molecule has 0 aliphatic rings. The van der Waals surface area contributed by atoms with Crippen LogP contribution in [0.4, 0.5) is 23.0 Å². The third-order valence-corrected chi connectivity index (χ3v) is 4.41. The SMILES string of the molecule is CC(=O)Nc1ccc(Nc2nccc(-c3ccc(Oc4ccccc4N)cc3)n2)cc1. The first kappa shape index (κ1) is 19.9. The van der Waals surface area contributed by atoms with Crippen molar-refractivity contribution < 1.29 is 9.53 Å². The maximum atomic E-state index is 11.1. The Labute approximate surface area is 179 Å². The molecule has 0 spiro atoms. The zero-order valence-corrected chi connectivity index (χ0v) is 16.9. The van der Waals surface area contributed by atoms with Crippen molar-refractivity contribution in [2.75, 3.05) is 16.4 Å². The third kappa shape index (κ3) is 5.16. The Kier molecular flexibility index (Phi) is 5.75. The number of nitrogen functional groups attached to an aromatic ring is 1. The molecule has 31 heavy (non-hydrogen) atoms. The number of nitrogens with one attached hydrogen (secondary N) is 2. The Balaban J connectivity index is 1.46. The van der Waals surface area contributed by atoms with Crippen LogP contribution in [0.1, 0.15) is 6.92 Å². The average Bonchev–Trinajstić information content (AvgIpc) is 2.77. The summed E-state index contributed by atoms with van der Waals surface area (Å²) in [5.74, 6) is 1.67. The van der Waals surface area contributed by atoms with E-state index in [0.717, 1.165) is 22.6 Å². The second-order valence-corrected chi connectivity index (χ2v) is 6.81. The number of hydrogen-bond acceptors (Lipinski definition) is 6. The standard InChI is InChI=1S/C24H21N5O2/c1-16(30)27-18-8-10-19(11-9-18)28-24-26-15-14-22(29-24)17-6-12-20(13-7-17)31-23-5-3-2-4-21(23)25/h2-15H,25H2,1H3,(H,27,30)(H,26,28,29). The van der Waals surface area contributed by atoms with Crippen LogP contribution in [0.15, 0.2) is 85.1 Å². The van der Waals surface area contributed by atoms with E-state index in [1.807, 2.05) is 72.8 Å². The van der Waals surface area contributed by atoms with E-state index in [1.54, 1.807) is 12.3 Å². The van der Waals surface area contributed by atoms with Gasteiger partial charge < -0.3 is 21.1 Å². The lowest BCUT2D eigenvalue weighted by Crippen LogP contribution is -2.05. The lowest BCUT2D eigenvalue weighted by molar-refractivity contribution is -0.114. The predicted octanol–water partition coefficient (Wildman–Crippen LogP) is 5.22. The number of carbonyl (C=O) groups is 1. The number of carbonyl (C=O) groups excluding carboxylic acids is 1. The van der Waals surface area contributed by atoms with Crippen LogP contribution in [-0.2, 0) is 4.79 Å². The molecule has 7 nitrogen and oxygen atoms in total. The molecule has 0 atom stereocenters. The van der Waals surface area contributed by atoms with Gasteiger partial charge in [0.1, 0.15) is 11.5 Å². The first-order valence-electron chi connectivity index (χ1n) is 9.67. The van der Waals surface area contributed by atoms with Crippen LogP contribution in [0.5, 0.6) is 11.5 Å². The summed E-state index contributed by atoms with van der Waals surface area (Å²) in [6, 6.07) is 24.1. The molecule has 4 rings (SSSR count). The molecule has 0 aliphatic carbocycles. The number of aromatic nitrogens is 2. The fraction of sp³-hybridized carbons (Fsp3) is 0.0417. The fourth-order valence-electron chi connectivity index (χ4n) is 2.94. The fourth-order valence-corrected chi connectivity index (χ4v) is 2.94. The average molecular weight is 411 g/mol. The first-order valence-corrected chi connectivity index (χ1v) is 9.67. The monoisotopic (exact) mass is 411 g/mol. The minimum atomic E-state index is -0.111. The van der Waals surface area contributed by atoms with E-state index in [2.05, 4.69) is 20.6 Å². The molecular formula is C24H21N5O2. The Bertz CT molecular complexity index is 1190. The van der Waals surface area contributed by atoms with Gasteiger partial charge in [-0.05, 0) is 66.7 Å². The van der Waals surface area contributed by atoms with E-state index >= 15 is 0 Å². The van der Waals surface area contributed by atoms with Gasteiger partial charge in [-0.25, -0.2) is 9.97 Å². The van der Waals surface area contributed by atoms with E-state index in [9.17, 15) is 4.79 Å². The van der Waals surface area contributed by atoms with Gasteiger partial charge in [-0.15, -0.1) is 0 Å². The van der Waals surface area contributed by atoms with Crippen LogP contribution >= 0.6 is 0 Å². The Morgan fingerprint density at radius 1 is 0.903 bits per heavy atom. The van der Waals surface area contributed by atoms with Crippen molar-refractivity contribution in [1.29, 1.82) is 0 Å². The molecule has 1 heterocycles.